The van der Waals surface area contributed by atoms with Gasteiger partial charge in [0.15, 0.2) is 14.6 Å². The minimum Gasteiger partial charge on any atom is -0.465 e. The fraction of sp³-hybridized carbons (Fsp3) is 0.417. The van der Waals surface area contributed by atoms with E-state index in [0.29, 0.717) is 23.7 Å². The normalized spacial score (nSPS) is 16.1. The number of hydrogen-bond donors (Lipinski definition) is 1. The van der Waals surface area contributed by atoms with Gasteiger partial charge in [-0.25, -0.2) is 13.2 Å². The van der Waals surface area contributed by atoms with Crippen molar-refractivity contribution in [2.24, 2.45) is 10.9 Å². The Labute approximate surface area is 216 Å². The van der Waals surface area contributed by atoms with Crippen LogP contribution in [0.5, 0.6) is 0 Å². The average Bonchev–Trinajstić information content (AvgIpc) is 3.33. The van der Waals surface area contributed by atoms with Gasteiger partial charge in [0.05, 0.1) is 22.9 Å². The van der Waals surface area contributed by atoms with Crippen molar-refractivity contribution in [3.63, 3.8) is 0 Å². The van der Waals surface area contributed by atoms with Gasteiger partial charge >= 0.3 is 5.97 Å². The van der Waals surface area contributed by atoms with Gasteiger partial charge < -0.3 is 14.6 Å². The summed E-state index contributed by atoms with van der Waals surface area (Å²) in [6.45, 7) is 4.60. The summed E-state index contributed by atoms with van der Waals surface area (Å²) in [6.07, 6.45) is 2.39. The van der Waals surface area contributed by atoms with Crippen molar-refractivity contribution in [1.29, 1.82) is 0 Å². The maximum Gasteiger partial charge on any atom is 0.341 e. The fourth-order valence-electron chi connectivity index (χ4n) is 4.31. The van der Waals surface area contributed by atoms with E-state index in [1.165, 1.54) is 29.8 Å². The molecule has 0 fully saturated rings. The van der Waals surface area contributed by atoms with Crippen LogP contribution in [-0.4, -0.2) is 49.4 Å². The molecule has 1 aliphatic rings. The lowest BCUT2D eigenvalue weighted by Crippen LogP contribution is -2.28. The smallest absolute Gasteiger partial charge is 0.341 e. The van der Waals surface area contributed by atoms with Crippen LogP contribution < -0.4 is 10.1 Å². The number of aromatic nitrogens is 1. The molecule has 36 heavy (non-hydrogen) atoms. The molecular formula is C24H27N3O6S3. The summed E-state index contributed by atoms with van der Waals surface area (Å²) >= 11 is 2.57. The Morgan fingerprint density at radius 3 is 2.67 bits per heavy atom. The SMILES string of the molecule is CCn1c(=NC(=O)CS(=O)(=O)CC(=O)Nc2sc3c(c2C(=O)OC)CCC(C)C3)sc2ccccc21. The summed E-state index contributed by atoms with van der Waals surface area (Å²) in [5.74, 6) is -3.55. The quantitative estimate of drug-likeness (QED) is 0.452. The average molecular weight is 550 g/mol. The van der Waals surface area contributed by atoms with Crippen LogP contribution in [0.4, 0.5) is 5.00 Å². The second-order valence-corrected chi connectivity index (χ2v) is 12.9. The summed E-state index contributed by atoms with van der Waals surface area (Å²) in [6, 6.07) is 7.57. The first-order valence-corrected chi connectivity index (χ1v) is 15.0. The molecule has 1 atom stereocenters. The van der Waals surface area contributed by atoms with Crippen molar-refractivity contribution in [1.82, 2.24) is 4.57 Å². The number of fused-ring (bicyclic) bond motifs is 2. The molecule has 2 heterocycles. The van der Waals surface area contributed by atoms with Crippen molar-refractivity contribution >= 4 is 65.5 Å². The standard InChI is InChI=1S/C24H27N3O6S3/c1-4-27-16-7-5-6-8-17(16)35-24(27)26-20(29)13-36(31,32)12-19(28)25-22-21(23(30)33-3)15-10-9-14(2)11-18(15)34-22/h5-8,14H,4,9-13H2,1-3H3,(H,25,28). The lowest BCUT2D eigenvalue weighted by atomic mass is 9.88. The Balaban J connectivity index is 1.49. The first-order valence-electron chi connectivity index (χ1n) is 11.5. The maximum absolute atomic E-state index is 12.6. The first kappa shape index (κ1) is 26.2. The van der Waals surface area contributed by atoms with Crippen molar-refractivity contribution in [3.05, 3.63) is 45.1 Å². The fourth-order valence-corrected chi connectivity index (χ4v) is 7.85. The number of para-hydroxylation sites is 1. The first-order chi connectivity index (χ1) is 17.1. The van der Waals surface area contributed by atoms with Crippen molar-refractivity contribution in [2.45, 2.75) is 39.7 Å². The minimum absolute atomic E-state index is 0.284. The Bertz CT molecular complexity index is 1510. The number of aryl methyl sites for hydroxylation is 1. The lowest BCUT2D eigenvalue weighted by molar-refractivity contribution is -0.115. The van der Waals surface area contributed by atoms with E-state index in [4.69, 9.17) is 4.74 Å². The van der Waals surface area contributed by atoms with E-state index >= 15 is 0 Å². The molecule has 0 spiro atoms. The zero-order valence-electron chi connectivity index (χ0n) is 20.2. The highest BCUT2D eigenvalue weighted by Gasteiger charge is 2.30. The molecule has 12 heteroatoms. The molecule has 1 aliphatic carbocycles. The molecular weight excluding hydrogens is 522 g/mol. The molecule has 0 aliphatic heterocycles. The van der Waals surface area contributed by atoms with Gasteiger partial charge in [0.2, 0.25) is 5.91 Å². The molecule has 1 unspecified atom stereocenters. The number of esters is 1. The highest BCUT2D eigenvalue weighted by Crippen LogP contribution is 2.40. The topological polar surface area (TPSA) is 124 Å². The zero-order chi connectivity index (χ0) is 26.0. The number of benzene rings is 1. The Hall–Kier alpha value is -2.83. The van der Waals surface area contributed by atoms with Crippen molar-refractivity contribution in [2.75, 3.05) is 23.9 Å². The van der Waals surface area contributed by atoms with Crippen LogP contribution in [0, 0.1) is 5.92 Å². The predicted octanol–water partition coefficient (Wildman–Crippen LogP) is 3.18. The molecule has 1 N–H and O–H groups in total. The number of nitrogens with zero attached hydrogens (tertiary/aromatic N) is 2. The monoisotopic (exact) mass is 549 g/mol. The highest BCUT2D eigenvalue weighted by molar-refractivity contribution is 7.92. The number of rotatable bonds is 7. The van der Waals surface area contributed by atoms with Crippen LogP contribution >= 0.6 is 22.7 Å². The van der Waals surface area contributed by atoms with Gasteiger partial charge in [-0.3, -0.25) is 9.59 Å². The third-order valence-corrected chi connectivity index (χ3v) is 9.59. The molecule has 3 aromatic rings. The number of sulfone groups is 1. The highest BCUT2D eigenvalue weighted by atomic mass is 32.2. The van der Waals surface area contributed by atoms with Gasteiger partial charge in [-0.05, 0) is 49.8 Å². The van der Waals surface area contributed by atoms with Crippen molar-refractivity contribution < 1.29 is 27.5 Å². The molecule has 9 nitrogen and oxygen atoms in total. The van der Waals surface area contributed by atoms with Gasteiger partial charge in [-0.15, -0.1) is 11.3 Å². The largest absolute Gasteiger partial charge is 0.465 e. The third-order valence-electron chi connectivity index (χ3n) is 5.97. The summed E-state index contributed by atoms with van der Waals surface area (Å²) in [7, 11) is -2.83. The van der Waals surface area contributed by atoms with Crippen LogP contribution in [0.15, 0.2) is 29.3 Å². The number of hydrogen-bond acceptors (Lipinski definition) is 8. The predicted molar refractivity (Wildman–Crippen MR) is 140 cm³/mol. The molecule has 192 valence electrons. The second kappa shape index (κ2) is 10.7. The van der Waals surface area contributed by atoms with E-state index < -0.39 is 39.1 Å². The number of thiophene rings is 1. The summed E-state index contributed by atoms with van der Waals surface area (Å²) in [5, 5.41) is 2.85. The number of carbonyl (C=O) groups is 3. The van der Waals surface area contributed by atoms with Crippen LogP contribution in [0.2, 0.25) is 0 Å². The van der Waals surface area contributed by atoms with Crippen LogP contribution in [0.25, 0.3) is 10.2 Å². The van der Waals surface area contributed by atoms with Gasteiger partial charge in [0, 0.05) is 11.4 Å². The number of anilines is 1. The Morgan fingerprint density at radius 2 is 1.94 bits per heavy atom. The molecule has 0 radical (unpaired) electrons. The number of methoxy groups -OCH3 is 1. The lowest BCUT2D eigenvalue weighted by Gasteiger charge is -2.18. The summed E-state index contributed by atoms with van der Waals surface area (Å²) in [5.41, 5.74) is 2.05. The molecule has 4 rings (SSSR count). The van der Waals surface area contributed by atoms with E-state index in [1.54, 1.807) is 0 Å². The summed E-state index contributed by atoms with van der Waals surface area (Å²) < 4.78 is 32.9. The van der Waals surface area contributed by atoms with Gasteiger partial charge in [0.25, 0.3) is 5.91 Å². The zero-order valence-corrected chi connectivity index (χ0v) is 22.6. The van der Waals surface area contributed by atoms with Crippen LogP contribution in [-0.2, 0) is 43.5 Å². The Kier molecular flexibility index (Phi) is 7.76. The molecule has 0 saturated heterocycles. The number of carbonyl (C=O) groups excluding carboxylic acids is 3. The Morgan fingerprint density at radius 1 is 1.19 bits per heavy atom. The second-order valence-electron chi connectivity index (χ2n) is 8.73. The van der Waals surface area contributed by atoms with Crippen molar-refractivity contribution in [3.8, 4) is 0 Å². The van der Waals surface area contributed by atoms with E-state index in [1.807, 2.05) is 35.8 Å². The molecule has 0 saturated carbocycles. The molecule has 2 aromatic heterocycles. The number of thiazole rings is 1. The van der Waals surface area contributed by atoms with Gasteiger partial charge in [-0.2, -0.15) is 4.99 Å². The molecule has 2 amide bonds. The van der Waals surface area contributed by atoms with E-state index in [9.17, 15) is 22.8 Å². The molecule has 1 aromatic carbocycles. The van der Waals surface area contributed by atoms with Crippen LogP contribution in [0.1, 0.15) is 41.1 Å². The van der Waals surface area contributed by atoms with E-state index in [-0.39, 0.29) is 10.6 Å². The maximum atomic E-state index is 12.6. The van der Waals surface area contributed by atoms with Gasteiger partial charge in [0.1, 0.15) is 16.5 Å². The van der Waals surface area contributed by atoms with Crippen LogP contribution in [0.3, 0.4) is 0 Å². The number of amides is 2. The number of nitrogens with one attached hydrogen (secondary N) is 1. The van der Waals surface area contributed by atoms with E-state index in [2.05, 4.69) is 17.2 Å². The van der Waals surface area contributed by atoms with Gasteiger partial charge in [-0.1, -0.05) is 30.4 Å². The number of ether oxygens (including phenoxy) is 1. The molecule has 0 bridgehead atoms. The van der Waals surface area contributed by atoms with E-state index in [0.717, 1.165) is 33.5 Å². The minimum atomic E-state index is -4.09. The third kappa shape index (κ3) is 5.60. The summed E-state index contributed by atoms with van der Waals surface area (Å²) in [4.78, 5) is 43.0.